The van der Waals surface area contributed by atoms with Crippen LogP contribution in [0.4, 0.5) is 13.2 Å². The van der Waals surface area contributed by atoms with E-state index in [0.717, 1.165) is 0 Å². The van der Waals surface area contributed by atoms with Crippen molar-refractivity contribution in [2.24, 2.45) is 5.73 Å². The van der Waals surface area contributed by atoms with Crippen molar-refractivity contribution in [3.8, 4) is 11.8 Å². The number of alkyl halides is 3. The van der Waals surface area contributed by atoms with Crippen LogP contribution in [0.15, 0.2) is 29.2 Å². The molecule has 0 aliphatic rings. The first-order chi connectivity index (χ1) is 9.72. The largest absolute Gasteiger partial charge is 0.402 e. The second-order valence-corrected chi connectivity index (χ2v) is 5.95. The molecule has 0 atom stereocenters. The Morgan fingerprint density at radius 1 is 1.29 bits per heavy atom. The Morgan fingerprint density at radius 2 is 1.90 bits per heavy atom. The van der Waals surface area contributed by atoms with E-state index >= 15 is 0 Å². The highest BCUT2D eigenvalue weighted by Crippen LogP contribution is 2.24. The monoisotopic (exact) mass is 320 g/mol. The highest BCUT2D eigenvalue weighted by atomic mass is 32.2. The van der Waals surface area contributed by atoms with E-state index < -0.39 is 22.7 Å². The molecule has 21 heavy (non-hydrogen) atoms. The average molecular weight is 320 g/mol. The van der Waals surface area contributed by atoms with Crippen LogP contribution < -0.4 is 5.73 Å². The highest BCUT2D eigenvalue weighted by molar-refractivity contribution is 7.89. The summed E-state index contributed by atoms with van der Waals surface area (Å²) in [4.78, 5) is -0.253. The zero-order chi connectivity index (χ0) is 16.1. The van der Waals surface area contributed by atoms with Gasteiger partial charge >= 0.3 is 6.18 Å². The van der Waals surface area contributed by atoms with Gasteiger partial charge in [0.1, 0.15) is 6.54 Å². The summed E-state index contributed by atoms with van der Waals surface area (Å²) >= 11 is 0. The van der Waals surface area contributed by atoms with E-state index in [4.69, 9.17) is 5.73 Å². The van der Waals surface area contributed by atoms with Gasteiger partial charge in [0.2, 0.25) is 10.0 Å². The maximum atomic E-state index is 12.5. The van der Waals surface area contributed by atoms with Crippen molar-refractivity contribution in [1.82, 2.24) is 4.31 Å². The van der Waals surface area contributed by atoms with Gasteiger partial charge in [-0.2, -0.15) is 17.5 Å². The first-order valence-electron chi connectivity index (χ1n) is 6.07. The van der Waals surface area contributed by atoms with Crippen LogP contribution in [0.3, 0.4) is 0 Å². The molecule has 0 radical (unpaired) electrons. The third-order valence-corrected chi connectivity index (χ3v) is 4.52. The Bertz CT molecular complexity index is 645. The third-order valence-electron chi connectivity index (χ3n) is 2.54. The van der Waals surface area contributed by atoms with Gasteiger partial charge in [-0.05, 0) is 12.1 Å². The molecule has 0 saturated carbocycles. The molecule has 1 aromatic rings. The number of rotatable bonds is 4. The van der Waals surface area contributed by atoms with Gasteiger partial charge in [0.25, 0.3) is 0 Å². The zero-order valence-electron chi connectivity index (χ0n) is 11.3. The molecule has 116 valence electrons. The summed E-state index contributed by atoms with van der Waals surface area (Å²) in [5.41, 5.74) is 5.35. The van der Waals surface area contributed by atoms with Gasteiger partial charge in [-0.3, -0.25) is 0 Å². The molecular weight excluding hydrogens is 305 g/mol. The number of halogens is 3. The molecule has 4 nitrogen and oxygen atoms in total. The lowest BCUT2D eigenvalue weighted by atomic mass is 10.2. The van der Waals surface area contributed by atoms with Crippen LogP contribution >= 0.6 is 0 Å². The fourth-order valence-corrected chi connectivity index (χ4v) is 3.23. The third kappa shape index (κ3) is 4.74. The van der Waals surface area contributed by atoms with Gasteiger partial charge in [-0.1, -0.05) is 30.9 Å². The molecule has 0 fully saturated rings. The van der Waals surface area contributed by atoms with Gasteiger partial charge < -0.3 is 5.73 Å². The molecule has 0 bridgehead atoms. The van der Waals surface area contributed by atoms with E-state index in [2.05, 4.69) is 11.8 Å². The lowest BCUT2D eigenvalue weighted by molar-refractivity contribution is -0.135. The molecule has 0 aromatic heterocycles. The van der Waals surface area contributed by atoms with Gasteiger partial charge in [-0.25, -0.2) is 8.42 Å². The van der Waals surface area contributed by atoms with Crippen LogP contribution in [0.1, 0.15) is 12.5 Å². The molecule has 0 aliphatic heterocycles. The lowest BCUT2D eigenvalue weighted by Crippen LogP contribution is -2.39. The standard InChI is InChI=1S/C13H15F3N2O2S/c1-2-18(10-13(14,15)16)21(19,20)12-8-4-3-6-11(12)7-5-9-17/h3-4,6,8H,2,9-10,17H2,1H3. The summed E-state index contributed by atoms with van der Waals surface area (Å²) in [7, 11) is -4.28. The van der Waals surface area contributed by atoms with E-state index in [0.29, 0.717) is 4.31 Å². The Labute approximate surface area is 121 Å². The molecular formula is C13H15F3N2O2S. The summed E-state index contributed by atoms with van der Waals surface area (Å²) in [6.45, 7) is -0.461. The summed E-state index contributed by atoms with van der Waals surface area (Å²) in [5, 5.41) is 0. The van der Waals surface area contributed by atoms with Crippen molar-refractivity contribution in [1.29, 1.82) is 0 Å². The van der Waals surface area contributed by atoms with Crippen molar-refractivity contribution in [2.45, 2.75) is 18.0 Å². The van der Waals surface area contributed by atoms with Crippen molar-refractivity contribution in [2.75, 3.05) is 19.6 Å². The van der Waals surface area contributed by atoms with E-state index in [1.807, 2.05) is 0 Å². The minimum absolute atomic E-state index is 0.0222. The minimum Gasteiger partial charge on any atom is -0.320 e. The predicted octanol–water partition coefficient (Wildman–Crippen LogP) is 1.57. The van der Waals surface area contributed by atoms with Crippen molar-refractivity contribution >= 4 is 10.0 Å². The highest BCUT2D eigenvalue weighted by Gasteiger charge is 2.36. The van der Waals surface area contributed by atoms with Crippen LogP contribution in [0, 0.1) is 11.8 Å². The van der Waals surface area contributed by atoms with E-state index in [1.54, 1.807) is 6.07 Å². The van der Waals surface area contributed by atoms with E-state index in [9.17, 15) is 21.6 Å². The smallest absolute Gasteiger partial charge is 0.320 e. The Balaban J connectivity index is 3.29. The Hall–Kier alpha value is -1.56. The number of sulfonamides is 1. The maximum absolute atomic E-state index is 12.5. The quantitative estimate of drug-likeness (QED) is 0.857. The summed E-state index contributed by atoms with van der Waals surface area (Å²) in [6, 6.07) is 5.65. The van der Waals surface area contributed by atoms with Gasteiger partial charge in [-0.15, -0.1) is 0 Å². The van der Waals surface area contributed by atoms with Crippen LogP contribution in [-0.4, -0.2) is 38.5 Å². The molecule has 0 spiro atoms. The second kappa shape index (κ2) is 6.93. The van der Waals surface area contributed by atoms with Crippen LogP contribution in [-0.2, 0) is 10.0 Å². The van der Waals surface area contributed by atoms with E-state index in [-0.39, 0.29) is 23.5 Å². The number of benzene rings is 1. The molecule has 0 aliphatic carbocycles. The number of nitrogens with two attached hydrogens (primary N) is 1. The Kier molecular flexibility index (Phi) is 5.78. The lowest BCUT2D eigenvalue weighted by Gasteiger charge is -2.22. The fraction of sp³-hybridized carbons (Fsp3) is 0.385. The number of nitrogens with zero attached hydrogens (tertiary/aromatic N) is 1. The molecule has 0 unspecified atom stereocenters. The summed E-state index contributed by atoms with van der Waals surface area (Å²) in [5.74, 6) is 5.05. The van der Waals surface area contributed by atoms with Crippen molar-refractivity contribution < 1.29 is 21.6 Å². The van der Waals surface area contributed by atoms with Crippen LogP contribution in [0.5, 0.6) is 0 Å². The zero-order valence-corrected chi connectivity index (χ0v) is 12.1. The van der Waals surface area contributed by atoms with E-state index in [1.165, 1.54) is 25.1 Å². The molecule has 0 amide bonds. The molecule has 1 rings (SSSR count). The second-order valence-electron chi connectivity index (χ2n) is 4.05. The average Bonchev–Trinajstić information content (AvgIpc) is 2.41. The van der Waals surface area contributed by atoms with Crippen molar-refractivity contribution in [3.63, 3.8) is 0 Å². The van der Waals surface area contributed by atoms with Crippen LogP contribution in [0.2, 0.25) is 0 Å². The van der Waals surface area contributed by atoms with Crippen molar-refractivity contribution in [3.05, 3.63) is 29.8 Å². The Morgan fingerprint density at radius 3 is 2.43 bits per heavy atom. The normalized spacial score (nSPS) is 12.1. The molecule has 0 saturated heterocycles. The SMILES string of the molecule is CCN(CC(F)(F)F)S(=O)(=O)c1ccccc1C#CCN. The molecule has 0 heterocycles. The summed E-state index contributed by atoms with van der Waals surface area (Å²) < 4.78 is 62.5. The molecule has 8 heteroatoms. The number of hydrogen-bond donors (Lipinski definition) is 1. The van der Waals surface area contributed by atoms with Gasteiger partial charge in [0.05, 0.1) is 11.4 Å². The minimum atomic E-state index is -4.61. The fourth-order valence-electron chi connectivity index (χ4n) is 1.65. The molecule has 1 aromatic carbocycles. The maximum Gasteiger partial charge on any atom is 0.402 e. The predicted molar refractivity (Wildman–Crippen MR) is 72.9 cm³/mol. The van der Waals surface area contributed by atoms with Gasteiger partial charge in [0.15, 0.2) is 0 Å². The summed E-state index contributed by atoms with van der Waals surface area (Å²) in [6.07, 6.45) is -4.61. The number of hydrogen-bond acceptors (Lipinski definition) is 3. The molecule has 2 N–H and O–H groups in total. The van der Waals surface area contributed by atoms with Crippen LogP contribution in [0.25, 0.3) is 0 Å². The first-order valence-corrected chi connectivity index (χ1v) is 7.51. The first kappa shape index (κ1) is 17.5. The van der Waals surface area contributed by atoms with Gasteiger partial charge in [0, 0.05) is 12.1 Å². The topological polar surface area (TPSA) is 63.4 Å².